The van der Waals surface area contributed by atoms with Crippen molar-refractivity contribution in [3.05, 3.63) is 47.2 Å². The smallest absolute Gasteiger partial charge is 0.201 e. The molecule has 2 heterocycles. The molecule has 0 aliphatic carbocycles. The van der Waals surface area contributed by atoms with Crippen molar-refractivity contribution >= 4 is 22.7 Å². The van der Waals surface area contributed by atoms with Crippen molar-refractivity contribution in [2.75, 3.05) is 0 Å². The third-order valence-electron chi connectivity index (χ3n) is 3.70. The summed E-state index contributed by atoms with van der Waals surface area (Å²) in [5, 5.41) is 21.3. The number of aromatic hydroxyl groups is 1. The van der Waals surface area contributed by atoms with Crippen molar-refractivity contribution in [3.63, 3.8) is 0 Å². The molecular weight excluding hydrogens is 264 g/mol. The van der Waals surface area contributed by atoms with Crippen LogP contribution in [0.3, 0.4) is 0 Å². The summed E-state index contributed by atoms with van der Waals surface area (Å²) in [6.07, 6.45) is 3.09. The molecule has 1 unspecified atom stereocenters. The van der Waals surface area contributed by atoms with Gasteiger partial charge in [-0.05, 0) is 44.6 Å². The lowest BCUT2D eigenvalue weighted by atomic mass is 10.1. The Morgan fingerprint density at radius 3 is 2.57 bits per heavy atom. The van der Waals surface area contributed by atoms with E-state index in [1.54, 1.807) is 6.92 Å². The van der Waals surface area contributed by atoms with E-state index >= 15 is 0 Å². The number of fused-ring (bicyclic) bond motifs is 1. The second kappa shape index (κ2) is 4.90. The van der Waals surface area contributed by atoms with Crippen molar-refractivity contribution in [3.8, 4) is 5.88 Å². The summed E-state index contributed by atoms with van der Waals surface area (Å²) in [4.78, 5) is 4.47. The zero-order valence-electron chi connectivity index (χ0n) is 12.3. The summed E-state index contributed by atoms with van der Waals surface area (Å²) in [6.45, 7) is 5.58. The number of para-hydroxylation sites is 1. The van der Waals surface area contributed by atoms with Crippen LogP contribution in [0.1, 0.15) is 32.6 Å². The zero-order chi connectivity index (χ0) is 15.1. The minimum Gasteiger partial charge on any atom is -0.494 e. The normalized spacial score (nSPS) is 18.2. The molecule has 0 spiro atoms. The van der Waals surface area contributed by atoms with Gasteiger partial charge in [0.25, 0.3) is 0 Å². The van der Waals surface area contributed by atoms with Crippen LogP contribution in [0.4, 0.5) is 0 Å². The molecule has 21 heavy (non-hydrogen) atoms. The molecule has 0 bridgehead atoms. The van der Waals surface area contributed by atoms with Crippen LogP contribution in [0.2, 0.25) is 0 Å². The highest BCUT2D eigenvalue weighted by Crippen LogP contribution is 2.36. The molecular formula is C17H18N2O2. The van der Waals surface area contributed by atoms with Gasteiger partial charge >= 0.3 is 0 Å². The van der Waals surface area contributed by atoms with Gasteiger partial charge in [-0.2, -0.15) is 0 Å². The number of rotatable bonds is 2. The second-order valence-electron chi connectivity index (χ2n) is 5.37. The highest BCUT2D eigenvalue weighted by molar-refractivity contribution is 6.00. The Kier molecular flexibility index (Phi) is 3.18. The maximum Gasteiger partial charge on any atom is 0.201 e. The fourth-order valence-corrected chi connectivity index (χ4v) is 2.78. The van der Waals surface area contributed by atoms with Gasteiger partial charge in [0.15, 0.2) is 0 Å². The quantitative estimate of drug-likeness (QED) is 0.883. The van der Waals surface area contributed by atoms with Gasteiger partial charge in [-0.15, -0.1) is 0 Å². The molecule has 0 saturated heterocycles. The van der Waals surface area contributed by atoms with Gasteiger partial charge in [-0.1, -0.05) is 18.2 Å². The van der Waals surface area contributed by atoms with E-state index in [1.807, 2.05) is 50.3 Å². The maximum absolute atomic E-state index is 10.5. The first kappa shape index (κ1) is 13.6. The number of benzene rings is 1. The molecule has 2 aromatic rings. The standard InChI is InChI=1S/C17H18N2O2/c1-10-8-11(2)18-15(10)9-14-13-6-4-5-7-16(13)19(12(3)20)17(14)21/h4-9,12,20-21H,1-3H3/b15-9-. The summed E-state index contributed by atoms with van der Waals surface area (Å²) < 4.78 is 1.52. The van der Waals surface area contributed by atoms with E-state index in [9.17, 15) is 10.2 Å². The largest absolute Gasteiger partial charge is 0.494 e. The summed E-state index contributed by atoms with van der Waals surface area (Å²) in [7, 11) is 0. The lowest BCUT2D eigenvalue weighted by Gasteiger charge is -2.09. The van der Waals surface area contributed by atoms with Crippen molar-refractivity contribution in [1.29, 1.82) is 0 Å². The number of aliphatic imine (C=N–C) groups is 1. The third-order valence-corrected chi connectivity index (χ3v) is 3.70. The first-order valence-corrected chi connectivity index (χ1v) is 6.94. The van der Waals surface area contributed by atoms with Crippen LogP contribution in [-0.2, 0) is 0 Å². The predicted molar refractivity (Wildman–Crippen MR) is 85.4 cm³/mol. The topological polar surface area (TPSA) is 57.8 Å². The van der Waals surface area contributed by atoms with Gasteiger partial charge in [-0.3, -0.25) is 9.56 Å². The van der Waals surface area contributed by atoms with Crippen LogP contribution in [0.25, 0.3) is 17.0 Å². The highest BCUT2D eigenvalue weighted by atomic mass is 16.3. The van der Waals surface area contributed by atoms with Gasteiger partial charge < -0.3 is 10.2 Å². The van der Waals surface area contributed by atoms with E-state index in [1.165, 1.54) is 4.57 Å². The number of allylic oxidation sites excluding steroid dienone is 2. The lowest BCUT2D eigenvalue weighted by Crippen LogP contribution is -2.02. The Morgan fingerprint density at radius 1 is 1.24 bits per heavy atom. The minimum atomic E-state index is -0.799. The van der Waals surface area contributed by atoms with Gasteiger partial charge in [0.2, 0.25) is 5.88 Å². The van der Waals surface area contributed by atoms with E-state index in [0.29, 0.717) is 5.56 Å². The SMILES string of the molecule is CC1=CC(C)=N/C1=C\c1c(O)n(C(C)O)c2ccccc12. The Bertz CT molecular complexity index is 808. The average Bonchev–Trinajstić information content (AvgIpc) is 2.88. The average molecular weight is 282 g/mol. The van der Waals surface area contributed by atoms with Gasteiger partial charge in [0.05, 0.1) is 11.2 Å². The number of aliphatic hydroxyl groups excluding tert-OH is 1. The summed E-state index contributed by atoms with van der Waals surface area (Å²) in [6, 6.07) is 7.63. The van der Waals surface area contributed by atoms with Crippen LogP contribution in [0.5, 0.6) is 5.88 Å². The highest BCUT2D eigenvalue weighted by Gasteiger charge is 2.18. The Morgan fingerprint density at radius 2 is 1.95 bits per heavy atom. The summed E-state index contributed by atoms with van der Waals surface area (Å²) >= 11 is 0. The van der Waals surface area contributed by atoms with E-state index in [0.717, 1.165) is 27.9 Å². The van der Waals surface area contributed by atoms with Crippen molar-refractivity contribution in [1.82, 2.24) is 4.57 Å². The molecule has 4 nitrogen and oxygen atoms in total. The van der Waals surface area contributed by atoms with Crippen LogP contribution in [0.15, 0.2) is 46.6 Å². The van der Waals surface area contributed by atoms with Crippen LogP contribution in [-0.4, -0.2) is 20.5 Å². The zero-order valence-corrected chi connectivity index (χ0v) is 12.3. The van der Waals surface area contributed by atoms with Crippen LogP contribution >= 0.6 is 0 Å². The third kappa shape index (κ3) is 2.17. The van der Waals surface area contributed by atoms with Crippen molar-refractivity contribution in [2.24, 2.45) is 4.99 Å². The van der Waals surface area contributed by atoms with E-state index in [-0.39, 0.29) is 5.88 Å². The monoisotopic (exact) mass is 282 g/mol. The number of aliphatic hydroxyl groups is 1. The second-order valence-corrected chi connectivity index (χ2v) is 5.37. The number of hydrogen-bond acceptors (Lipinski definition) is 3. The maximum atomic E-state index is 10.5. The Labute approximate surface area is 123 Å². The molecule has 1 aliphatic heterocycles. The molecule has 108 valence electrons. The van der Waals surface area contributed by atoms with Gasteiger partial charge in [-0.25, -0.2) is 0 Å². The van der Waals surface area contributed by atoms with Gasteiger partial charge in [0, 0.05) is 16.7 Å². The molecule has 4 heteroatoms. The summed E-state index contributed by atoms with van der Waals surface area (Å²) in [5.41, 5.74) is 4.36. The van der Waals surface area contributed by atoms with Crippen LogP contribution in [0, 0.1) is 0 Å². The number of aromatic nitrogens is 1. The Hall–Kier alpha value is -2.33. The molecule has 2 N–H and O–H groups in total. The Balaban J connectivity index is 2.27. The first-order valence-electron chi connectivity index (χ1n) is 6.94. The van der Waals surface area contributed by atoms with E-state index < -0.39 is 6.23 Å². The molecule has 3 rings (SSSR count). The van der Waals surface area contributed by atoms with Crippen molar-refractivity contribution < 1.29 is 10.2 Å². The molecule has 1 atom stereocenters. The molecule has 0 saturated carbocycles. The molecule has 1 aromatic heterocycles. The number of hydrogen-bond donors (Lipinski definition) is 2. The van der Waals surface area contributed by atoms with Crippen molar-refractivity contribution in [2.45, 2.75) is 27.0 Å². The molecule has 0 radical (unpaired) electrons. The lowest BCUT2D eigenvalue weighted by molar-refractivity contribution is 0.120. The molecule has 1 aromatic carbocycles. The fourth-order valence-electron chi connectivity index (χ4n) is 2.78. The van der Waals surface area contributed by atoms with Crippen LogP contribution < -0.4 is 0 Å². The number of nitrogens with zero attached hydrogens (tertiary/aromatic N) is 2. The van der Waals surface area contributed by atoms with Gasteiger partial charge in [0.1, 0.15) is 6.23 Å². The molecule has 1 aliphatic rings. The predicted octanol–water partition coefficient (Wildman–Crippen LogP) is 3.62. The fraction of sp³-hybridized carbons (Fsp3) is 0.235. The first-order chi connectivity index (χ1) is 9.99. The van der Waals surface area contributed by atoms with E-state index in [4.69, 9.17) is 0 Å². The minimum absolute atomic E-state index is 0.0613. The summed E-state index contributed by atoms with van der Waals surface area (Å²) in [5.74, 6) is 0.0613. The molecule has 0 fully saturated rings. The molecule has 0 amide bonds. The van der Waals surface area contributed by atoms with E-state index in [2.05, 4.69) is 4.99 Å².